The minimum absolute atomic E-state index is 0.0670. The van der Waals surface area contributed by atoms with Crippen molar-refractivity contribution >= 4 is 0 Å². The fourth-order valence-corrected chi connectivity index (χ4v) is 19.7. The number of alkyl halides is 6. The molecule has 0 aliphatic heterocycles. The van der Waals surface area contributed by atoms with E-state index in [1.807, 2.05) is 34.6 Å². The summed E-state index contributed by atoms with van der Waals surface area (Å²) < 4.78 is 88.4. The van der Waals surface area contributed by atoms with E-state index >= 15 is 0 Å². The Kier molecular flexibility index (Phi) is 43.8. The van der Waals surface area contributed by atoms with Crippen molar-refractivity contribution < 1.29 is 27.7 Å². The summed E-state index contributed by atoms with van der Waals surface area (Å²) in [6.07, 6.45) is -4.66. The van der Waals surface area contributed by atoms with Crippen LogP contribution in [0.5, 0.6) is 0 Å². The van der Waals surface area contributed by atoms with E-state index in [2.05, 4.69) is 448 Å². The Labute approximate surface area is 847 Å². The van der Waals surface area contributed by atoms with Crippen LogP contribution in [0.4, 0.5) is 26.3 Å². The highest BCUT2D eigenvalue weighted by Gasteiger charge is 2.50. The number of hydrogen-bond acceptors (Lipinski definition) is 0. The van der Waals surface area contributed by atoms with Crippen molar-refractivity contribution in [3.05, 3.63) is 293 Å². The van der Waals surface area contributed by atoms with Crippen LogP contribution in [0.25, 0.3) is 22.3 Å². The van der Waals surface area contributed by atoms with E-state index in [0.717, 1.165) is 57.9 Å². The Balaban J connectivity index is 0.000000419. The highest BCUT2D eigenvalue weighted by molar-refractivity contribution is 5.80. The summed E-state index contributed by atoms with van der Waals surface area (Å²) in [5.41, 5.74) is 29.4. The van der Waals surface area contributed by atoms with Crippen LogP contribution in [-0.4, -0.2) is 12.4 Å². The molecule has 0 nitrogen and oxygen atoms in total. The van der Waals surface area contributed by atoms with Crippen molar-refractivity contribution in [1.29, 1.82) is 0 Å². The van der Waals surface area contributed by atoms with Gasteiger partial charge in [-0.3, -0.25) is 0 Å². The van der Waals surface area contributed by atoms with E-state index in [1.54, 1.807) is 62.7 Å². The maximum Gasteiger partial charge on any atom is 0.394 e. The van der Waals surface area contributed by atoms with Gasteiger partial charge in [-0.2, -0.15) is 26.3 Å². The SMILES string of the molecule is CC(C)(C)Cc1cccc(CC(C)(C)C)c1C(C)(C)C.CC(C)(C)c1c(-c2ccccc2)cccc1-c1ccccc1.CC(C)(C)c1c(CC(C)(C)C(F)(F)F)cccc1CC(C)(C)C(F)(F)F.CC(C)Cc1cccc(CC(C)C)c1C(C)(C)C.CC(C)c1cc(C(C)C)c(C(C)(C)C)c(C(C)C)c1.CC(C)c1cccc(C(C)C)c1C(C)(C)C.[2H]C(C)(C)c1cccc(C(C)(C)C)c1C(C)(C)C. The largest absolute Gasteiger partial charge is 0.394 e. The monoisotopic (exact) mass is 1900 g/mol. The van der Waals surface area contributed by atoms with Crippen LogP contribution in [0.1, 0.15) is 494 Å². The lowest BCUT2D eigenvalue weighted by Gasteiger charge is -2.35. The molecule has 0 fully saturated rings. The zero-order chi connectivity index (χ0) is 108. The van der Waals surface area contributed by atoms with Gasteiger partial charge in [-0.1, -0.05) is 528 Å². The predicted molar refractivity (Wildman–Crippen MR) is 601 cm³/mol. The van der Waals surface area contributed by atoms with Crippen LogP contribution in [0.15, 0.2) is 182 Å². The lowest BCUT2D eigenvalue weighted by atomic mass is 9.71. The molecule has 9 aromatic carbocycles. The van der Waals surface area contributed by atoms with Crippen LogP contribution in [-0.2, 0) is 81.8 Å². The molecular formula is C132H200F6. The lowest BCUT2D eigenvalue weighted by molar-refractivity contribution is -0.211. The van der Waals surface area contributed by atoms with Crippen LogP contribution >= 0.6 is 0 Å². The Bertz CT molecular complexity index is 5000. The van der Waals surface area contributed by atoms with Crippen molar-refractivity contribution in [3.63, 3.8) is 0 Å². The van der Waals surface area contributed by atoms with Crippen LogP contribution in [0.2, 0.25) is 0 Å². The fourth-order valence-electron chi connectivity index (χ4n) is 19.7. The fraction of sp³-hybridized carbons (Fsp3) is 0.591. The first-order valence-corrected chi connectivity index (χ1v) is 52.2. The van der Waals surface area contributed by atoms with Gasteiger partial charge in [0.1, 0.15) is 0 Å². The Morgan fingerprint density at radius 3 is 0.717 bits per heavy atom. The Hall–Kier alpha value is -7.44. The predicted octanol–water partition coefficient (Wildman–Crippen LogP) is 42.1. The first-order chi connectivity index (χ1) is 62.5. The maximum atomic E-state index is 13.3. The third kappa shape index (κ3) is 38.0. The lowest BCUT2D eigenvalue weighted by Crippen LogP contribution is -2.36. The summed E-state index contributed by atoms with van der Waals surface area (Å²) in [6.45, 7) is 108. The van der Waals surface area contributed by atoms with Gasteiger partial charge in [0.05, 0.1) is 10.8 Å². The molecule has 0 atom stereocenters. The van der Waals surface area contributed by atoms with Crippen molar-refractivity contribution in [2.24, 2.45) is 33.5 Å². The van der Waals surface area contributed by atoms with E-state index in [-0.39, 0.29) is 50.7 Å². The molecule has 0 saturated carbocycles. The number of rotatable bonds is 18. The summed E-state index contributed by atoms with van der Waals surface area (Å²) in [6, 6.07) is 64.6. The zero-order valence-corrected chi connectivity index (χ0v) is 97.4. The molecule has 0 spiro atoms. The van der Waals surface area contributed by atoms with Crippen LogP contribution < -0.4 is 0 Å². The molecule has 0 unspecified atom stereocenters. The van der Waals surface area contributed by atoms with Crippen LogP contribution in [0, 0.1) is 33.5 Å². The molecule has 138 heavy (non-hydrogen) atoms. The van der Waals surface area contributed by atoms with Gasteiger partial charge in [-0.15, -0.1) is 0 Å². The van der Waals surface area contributed by atoms with Crippen LogP contribution in [0.3, 0.4) is 0 Å². The van der Waals surface area contributed by atoms with E-state index in [0.29, 0.717) is 57.1 Å². The standard InChI is InChI=1S/C22H22.C20H28F6.C20H34.C19H32.C18H30.C17H28.C16H26/c1-22(2,3)21-19(17-11-6-4-7-12-17)15-10-16-20(21)18-13-8-5-9-14-18;1-16(2,3)15-13(11-17(4,5)19(21,22)23)9-8-10-14(15)12-18(6,7)20(24,25)26;1-18(2,3)13-15-11-10-12-16(14-19(4,5)6)17(15)20(7,8)9;1-12(2)15-10-16(13(3)4)18(19(7,8)9)17(11-15)14(5)6;1-13(2)11-15-9-8-10-16(12-14(3)4)17(15)18(5,6)7;1-12(2)13-10-9-11-14(16(3,4)5)15(13)17(6,7)8;1-11(2)13-9-8-10-14(12(3)4)15(13)16(5,6)7/h4-16H,1-3H3;8-10H,11-12H2,1-7H3;10-12H,13-14H2,1-9H3;10-14H,1-9H3;8-10,13-14H,11-12H2,1-7H3;9-12H,1-8H3;8-12H,1-7H3/i;;;;;12D;. The average molecular weight is 1900 g/mol. The van der Waals surface area contributed by atoms with Gasteiger partial charge in [-0.05, 0) is 274 Å². The highest BCUT2D eigenvalue weighted by atomic mass is 19.4. The first-order valence-electron chi connectivity index (χ1n) is 52.7. The molecule has 9 aromatic rings. The minimum atomic E-state index is -4.40. The average Bonchev–Trinajstić information content (AvgIpc) is 0.770. The molecule has 0 aliphatic carbocycles. The Morgan fingerprint density at radius 1 is 0.225 bits per heavy atom. The third-order valence-electron chi connectivity index (χ3n) is 25.6. The molecular weight excluding hydrogens is 1700 g/mol. The molecule has 0 N–H and O–H groups in total. The van der Waals surface area contributed by atoms with Crippen molar-refractivity contribution in [3.8, 4) is 22.3 Å². The number of hydrogen-bond donors (Lipinski definition) is 0. The number of benzene rings is 9. The third-order valence-corrected chi connectivity index (χ3v) is 25.6. The second-order valence-electron chi connectivity index (χ2n) is 54.5. The van der Waals surface area contributed by atoms with E-state index in [1.165, 1.54) is 79.6 Å². The minimum Gasteiger partial charge on any atom is -0.171 e. The molecule has 0 heterocycles. The normalized spacial score (nSPS) is 13.2. The first kappa shape index (κ1) is 123. The molecule has 0 bridgehead atoms. The Morgan fingerprint density at radius 2 is 0.471 bits per heavy atom. The van der Waals surface area contributed by atoms with E-state index in [9.17, 15) is 26.3 Å². The van der Waals surface area contributed by atoms with Gasteiger partial charge < -0.3 is 0 Å². The van der Waals surface area contributed by atoms with Crippen molar-refractivity contribution in [2.45, 2.75) is 476 Å². The van der Waals surface area contributed by atoms with Gasteiger partial charge in [0, 0.05) is 1.37 Å². The zero-order valence-electron chi connectivity index (χ0n) is 98.4. The summed E-state index contributed by atoms with van der Waals surface area (Å²) >= 11 is 0. The van der Waals surface area contributed by atoms with E-state index in [4.69, 9.17) is 1.37 Å². The molecule has 9 rings (SSSR count). The smallest absolute Gasteiger partial charge is 0.171 e. The quantitative estimate of drug-likeness (QED) is 0.0751. The molecule has 0 amide bonds. The van der Waals surface area contributed by atoms with Gasteiger partial charge in [0.15, 0.2) is 0 Å². The van der Waals surface area contributed by atoms with Gasteiger partial charge >= 0.3 is 12.4 Å². The van der Waals surface area contributed by atoms with Gasteiger partial charge in [0.25, 0.3) is 0 Å². The van der Waals surface area contributed by atoms with Gasteiger partial charge in [0.2, 0.25) is 0 Å². The molecule has 0 aliphatic rings. The second kappa shape index (κ2) is 49.2. The van der Waals surface area contributed by atoms with Crippen molar-refractivity contribution in [2.75, 3.05) is 0 Å². The molecule has 0 aromatic heterocycles. The highest BCUT2D eigenvalue weighted by Crippen LogP contribution is 2.49. The van der Waals surface area contributed by atoms with E-state index < -0.39 is 34.5 Å². The summed E-state index contributed by atoms with van der Waals surface area (Å²) in [4.78, 5) is 0. The molecule has 0 radical (unpaired) electrons. The molecule has 0 saturated heterocycles. The summed E-state index contributed by atoms with van der Waals surface area (Å²) in [5.74, 6) is 3.88. The van der Waals surface area contributed by atoms with Crippen molar-refractivity contribution in [1.82, 2.24) is 0 Å². The summed E-state index contributed by atoms with van der Waals surface area (Å²) in [7, 11) is 0. The van der Waals surface area contributed by atoms with Gasteiger partial charge in [-0.25, -0.2) is 0 Å². The second-order valence-corrected chi connectivity index (χ2v) is 54.5. The maximum absolute atomic E-state index is 13.3. The molecule has 6 heteroatoms. The number of halogens is 6. The molecule has 770 valence electrons. The summed E-state index contributed by atoms with van der Waals surface area (Å²) in [5, 5.41) is 0. The topological polar surface area (TPSA) is 0 Å².